The van der Waals surface area contributed by atoms with Crippen LogP contribution in [0.15, 0.2) is 121 Å². The van der Waals surface area contributed by atoms with Crippen LogP contribution in [0.3, 0.4) is 0 Å². The minimum atomic E-state index is -1.29. The van der Waals surface area contributed by atoms with E-state index in [2.05, 4.69) is 136 Å². The van der Waals surface area contributed by atoms with Gasteiger partial charge in [-0.25, -0.2) is 0 Å². The van der Waals surface area contributed by atoms with Crippen molar-refractivity contribution in [2.75, 3.05) is 0 Å². The van der Waals surface area contributed by atoms with Crippen LogP contribution in [0.2, 0.25) is 0 Å². The highest BCUT2D eigenvalue weighted by atomic mass is 14.1. The lowest BCUT2D eigenvalue weighted by molar-refractivity contribution is 1.36. The first kappa shape index (κ1) is 20.0. The van der Waals surface area contributed by atoms with Crippen LogP contribution >= 0.6 is 0 Å². The van der Waals surface area contributed by atoms with E-state index in [0.29, 0.717) is 0 Å². The van der Waals surface area contributed by atoms with Crippen molar-refractivity contribution in [2.45, 2.75) is 20.8 Å². The monoisotopic (exact) mass is 387 g/mol. The summed E-state index contributed by atoms with van der Waals surface area (Å²) < 4.78 is 0. The van der Waals surface area contributed by atoms with E-state index < -0.39 is 6.15 Å². The van der Waals surface area contributed by atoms with Crippen molar-refractivity contribution in [3.63, 3.8) is 0 Å². The molecule has 0 aliphatic heterocycles. The summed E-state index contributed by atoms with van der Waals surface area (Å²) in [6, 6.07) is 42.1. The maximum absolute atomic E-state index is 2.33. The van der Waals surface area contributed by atoms with Gasteiger partial charge in [-0.15, -0.1) is 0 Å². The van der Waals surface area contributed by atoms with E-state index in [1.54, 1.807) is 0 Å². The molecule has 0 atom stereocenters. The highest BCUT2D eigenvalue weighted by molar-refractivity contribution is 7.19. The van der Waals surface area contributed by atoms with Gasteiger partial charge < -0.3 is 0 Å². The molecule has 0 spiro atoms. The van der Waals surface area contributed by atoms with Crippen LogP contribution in [0.4, 0.5) is 0 Å². The van der Waals surface area contributed by atoms with Crippen molar-refractivity contribution in [3.8, 4) is 0 Å². The summed E-state index contributed by atoms with van der Waals surface area (Å²) in [6.45, 7) is 6.55. The molecule has 0 fully saturated rings. The van der Waals surface area contributed by atoms with Crippen molar-refractivity contribution < 1.29 is 0 Å². The van der Waals surface area contributed by atoms with Crippen LogP contribution in [-0.4, -0.2) is 6.15 Å². The molecule has 0 aliphatic carbocycles. The van der Waals surface area contributed by atoms with E-state index >= 15 is 0 Å². The Morgan fingerprint density at radius 3 is 1.10 bits per heavy atom. The molecule has 0 radical (unpaired) electrons. The van der Waals surface area contributed by atoms with E-state index in [1.165, 1.54) is 38.6 Å². The highest BCUT2D eigenvalue weighted by Crippen LogP contribution is 2.18. The quantitative estimate of drug-likeness (QED) is 0.429. The summed E-state index contributed by atoms with van der Waals surface area (Å²) in [5.41, 5.74) is 9.33. The van der Waals surface area contributed by atoms with Gasteiger partial charge in [0.25, 0.3) is 0 Å². The predicted molar refractivity (Wildman–Crippen MR) is 134 cm³/mol. The molecule has 1 heteroatoms. The molecule has 0 nitrogen and oxygen atoms in total. The Morgan fingerprint density at radius 1 is 0.433 bits per heavy atom. The van der Waals surface area contributed by atoms with Gasteiger partial charge in [-0.3, -0.25) is 0 Å². The predicted octanol–water partition coefficient (Wildman–Crippen LogP) is 4.88. The van der Waals surface area contributed by atoms with E-state index in [4.69, 9.17) is 0 Å². The van der Waals surface area contributed by atoms with E-state index in [-0.39, 0.29) is 0 Å². The van der Waals surface area contributed by atoms with Gasteiger partial charge in [-0.1, -0.05) is 121 Å². The molecule has 4 aromatic rings. The molecule has 4 rings (SSSR count). The fourth-order valence-corrected chi connectivity index (χ4v) is 4.69. The summed E-state index contributed by atoms with van der Waals surface area (Å²) in [6.07, 6.45) is -1.29. The van der Waals surface area contributed by atoms with Gasteiger partial charge in [-0.05, 0) is 31.9 Å². The minimum absolute atomic E-state index is 1.29. The van der Waals surface area contributed by atoms with Gasteiger partial charge in [0, 0.05) is 0 Å². The number of benzene rings is 4. The van der Waals surface area contributed by atoms with Crippen molar-refractivity contribution in [1.29, 1.82) is 0 Å². The van der Waals surface area contributed by atoms with Gasteiger partial charge in [0.05, 0.1) is 0 Å². The molecule has 0 aromatic heterocycles. The molecule has 0 aliphatic rings. The second-order valence-electron chi connectivity index (χ2n) is 8.35. The minimum Gasteiger partial charge on any atom is -0.195 e. The van der Waals surface area contributed by atoms with Gasteiger partial charge in [0.1, 0.15) is 6.15 Å². The van der Waals surface area contributed by atoms with Crippen LogP contribution in [0.5, 0.6) is 0 Å². The highest BCUT2D eigenvalue weighted by Gasteiger charge is 2.31. The number of hydrogen-bond donors (Lipinski definition) is 0. The summed E-state index contributed by atoms with van der Waals surface area (Å²) in [5, 5.41) is 0. The standard InChI is InChI=1S/C29H28B/c1-23(2)24(3)25-19-21-29(22-20-25)30(26-13-7-4-8-14-26,27-15-9-5-10-16-27)28-17-11-6-12-18-28/h4-22H,1-3H3/q-1. The average Bonchev–Trinajstić information content (AvgIpc) is 2.82. The Morgan fingerprint density at radius 2 is 0.767 bits per heavy atom. The molecule has 0 bridgehead atoms. The number of rotatable bonds is 5. The Kier molecular flexibility index (Phi) is 5.72. The molecule has 0 saturated carbocycles. The van der Waals surface area contributed by atoms with Crippen LogP contribution < -0.4 is 21.9 Å². The Hall–Kier alpha value is -3.32. The lowest BCUT2D eigenvalue weighted by Crippen LogP contribution is -2.74. The molecular formula is C29H28B-. The third-order valence-corrected chi connectivity index (χ3v) is 6.49. The fraction of sp³-hybridized carbons (Fsp3) is 0.103. The van der Waals surface area contributed by atoms with Crippen molar-refractivity contribution >= 4 is 33.6 Å². The largest absolute Gasteiger partial charge is 0.195 e. The maximum Gasteiger partial charge on any atom is 0.108 e. The third kappa shape index (κ3) is 3.52. The fourth-order valence-electron chi connectivity index (χ4n) is 4.69. The van der Waals surface area contributed by atoms with Crippen LogP contribution in [0.25, 0.3) is 5.57 Å². The molecule has 148 valence electrons. The van der Waals surface area contributed by atoms with Gasteiger partial charge >= 0.3 is 0 Å². The van der Waals surface area contributed by atoms with E-state index in [9.17, 15) is 0 Å². The molecule has 0 saturated heterocycles. The molecule has 0 unspecified atom stereocenters. The number of hydrogen-bond acceptors (Lipinski definition) is 0. The third-order valence-electron chi connectivity index (χ3n) is 6.49. The van der Waals surface area contributed by atoms with Crippen molar-refractivity contribution in [3.05, 3.63) is 126 Å². The Labute approximate surface area is 180 Å². The van der Waals surface area contributed by atoms with Gasteiger partial charge in [0.15, 0.2) is 0 Å². The molecule has 4 aromatic carbocycles. The first-order valence-corrected chi connectivity index (χ1v) is 10.7. The SMILES string of the molecule is CC(C)=C(C)c1ccc([B-](c2ccccc2)(c2ccccc2)c2ccccc2)cc1. The zero-order valence-electron chi connectivity index (χ0n) is 18.0. The second kappa shape index (κ2) is 8.59. The first-order chi connectivity index (χ1) is 14.6. The van der Waals surface area contributed by atoms with Gasteiger partial charge in [-0.2, -0.15) is 21.9 Å². The summed E-state index contributed by atoms with van der Waals surface area (Å²) in [7, 11) is 0. The van der Waals surface area contributed by atoms with Crippen molar-refractivity contribution in [2.24, 2.45) is 0 Å². The lowest BCUT2D eigenvalue weighted by atomic mass is 9.13. The zero-order valence-corrected chi connectivity index (χ0v) is 18.0. The normalized spacial score (nSPS) is 11.2. The second-order valence-corrected chi connectivity index (χ2v) is 8.35. The van der Waals surface area contributed by atoms with Crippen LogP contribution in [-0.2, 0) is 0 Å². The smallest absolute Gasteiger partial charge is 0.108 e. The van der Waals surface area contributed by atoms with Crippen molar-refractivity contribution in [1.82, 2.24) is 0 Å². The van der Waals surface area contributed by atoms with Gasteiger partial charge in [0.2, 0.25) is 0 Å². The molecule has 0 N–H and O–H groups in total. The summed E-state index contributed by atoms with van der Waals surface area (Å²) in [5.74, 6) is 0. The molecule has 0 heterocycles. The maximum atomic E-state index is 2.33. The van der Waals surface area contributed by atoms with Crippen LogP contribution in [0.1, 0.15) is 26.3 Å². The lowest BCUT2D eigenvalue weighted by Gasteiger charge is -2.44. The van der Waals surface area contributed by atoms with Crippen LogP contribution in [0, 0.1) is 0 Å². The Balaban J connectivity index is 2.04. The molecule has 30 heavy (non-hydrogen) atoms. The average molecular weight is 387 g/mol. The van der Waals surface area contributed by atoms with E-state index in [1.807, 2.05) is 0 Å². The summed E-state index contributed by atoms with van der Waals surface area (Å²) >= 11 is 0. The number of allylic oxidation sites excluding steroid dienone is 2. The topological polar surface area (TPSA) is 0 Å². The Bertz CT molecular complexity index is 1020. The first-order valence-electron chi connectivity index (χ1n) is 10.7. The summed E-state index contributed by atoms with van der Waals surface area (Å²) in [4.78, 5) is 0. The molecular weight excluding hydrogens is 359 g/mol. The molecule has 0 amide bonds. The van der Waals surface area contributed by atoms with E-state index in [0.717, 1.165) is 0 Å². The zero-order chi connectivity index (χ0) is 21.0.